The molecule has 4 rings (SSSR count). The van der Waals surface area contributed by atoms with Crippen LogP contribution in [-0.4, -0.2) is 43.4 Å². The number of para-hydroxylation sites is 2. The number of ether oxygens (including phenoxy) is 1. The fraction of sp³-hybridized carbons (Fsp3) is 0.405. The summed E-state index contributed by atoms with van der Waals surface area (Å²) in [6.45, 7) is 14.3. The van der Waals surface area contributed by atoms with Gasteiger partial charge in [0.25, 0.3) is 0 Å². The molecule has 0 radical (unpaired) electrons. The van der Waals surface area contributed by atoms with Gasteiger partial charge in [-0.25, -0.2) is 0 Å². The number of benzene rings is 3. The molecule has 3 nitrogen and oxygen atoms in total. The Bertz CT molecular complexity index is 1430. The van der Waals surface area contributed by atoms with Gasteiger partial charge in [-0.3, -0.25) is 0 Å². The molecule has 0 bridgehead atoms. The topological polar surface area (TPSA) is 15.7 Å². The fourth-order valence-corrected chi connectivity index (χ4v) is 17.7. The SMILES string of the molecule is COc1c(C(C)(C)C)cc(C)cc1[Si](C)(C)C1=[C]([Sc]([CH2]c2ccccc2N(C)C)[CH2]c2ccccc2N(C)C)C=CC1. The van der Waals surface area contributed by atoms with Crippen LogP contribution in [0, 0.1) is 6.92 Å². The summed E-state index contributed by atoms with van der Waals surface area (Å²) in [7, 11) is 8.50. The summed E-state index contributed by atoms with van der Waals surface area (Å²) in [4.78, 5) is 4.57. The van der Waals surface area contributed by atoms with Crippen LogP contribution in [0.25, 0.3) is 0 Å². The van der Waals surface area contributed by atoms with Crippen LogP contribution in [0.3, 0.4) is 0 Å². The average Bonchev–Trinajstić information content (AvgIpc) is 3.43. The first kappa shape index (κ1) is 32.5. The van der Waals surface area contributed by atoms with Crippen molar-refractivity contribution in [2.45, 2.75) is 61.0 Å². The molecule has 0 heterocycles. The molecule has 3 aromatic rings. The molecule has 0 atom stereocenters. The molecular weight excluding hydrogens is 561 g/mol. The fourth-order valence-electron chi connectivity index (χ4n) is 6.76. The van der Waals surface area contributed by atoms with E-state index in [0.29, 0.717) is 0 Å². The minimum atomic E-state index is -2.16. The van der Waals surface area contributed by atoms with Gasteiger partial charge in [0.2, 0.25) is 0 Å². The Kier molecular flexibility index (Phi) is 10.1. The van der Waals surface area contributed by atoms with Crippen LogP contribution in [0.4, 0.5) is 11.4 Å². The maximum atomic E-state index is 6.27. The number of aryl methyl sites for hydroxylation is 1. The van der Waals surface area contributed by atoms with Gasteiger partial charge in [0.05, 0.1) is 0 Å². The van der Waals surface area contributed by atoms with Crippen molar-refractivity contribution in [3.05, 3.63) is 104 Å². The van der Waals surface area contributed by atoms with Crippen LogP contribution in [0.2, 0.25) is 13.1 Å². The average molecular weight is 613 g/mol. The number of allylic oxidation sites excluding steroid dienone is 4. The summed E-state index contributed by atoms with van der Waals surface area (Å²) in [5, 5.41) is 3.18. The number of hydrogen-bond donors (Lipinski definition) is 0. The Balaban J connectivity index is 1.91. The number of methoxy groups -OCH3 is 1. The zero-order valence-electron chi connectivity index (χ0n) is 27.9. The van der Waals surface area contributed by atoms with E-state index in [0.717, 1.165) is 12.2 Å². The predicted octanol–water partition coefficient (Wildman–Crippen LogP) is 8.12. The van der Waals surface area contributed by atoms with E-state index < -0.39 is 29.5 Å². The summed E-state index contributed by atoms with van der Waals surface area (Å²) in [5.41, 5.74) is 8.37. The first-order valence-electron chi connectivity index (χ1n) is 15.4. The molecule has 3 aromatic carbocycles. The minimum absolute atomic E-state index is 0.0217. The molecule has 0 aromatic heterocycles. The molecule has 5 heteroatoms. The van der Waals surface area contributed by atoms with Crippen molar-refractivity contribution in [1.82, 2.24) is 0 Å². The van der Waals surface area contributed by atoms with Crippen molar-refractivity contribution in [3.63, 3.8) is 0 Å². The monoisotopic (exact) mass is 612 g/mol. The van der Waals surface area contributed by atoms with E-state index in [-0.39, 0.29) is 5.41 Å². The van der Waals surface area contributed by atoms with Gasteiger partial charge in [-0.05, 0) is 0 Å². The second kappa shape index (κ2) is 13.1. The number of nitrogens with zero attached hydrogens (tertiary/aromatic N) is 2. The Morgan fingerprint density at radius 3 is 1.83 bits per heavy atom. The molecule has 1 aliphatic carbocycles. The van der Waals surface area contributed by atoms with Crippen molar-refractivity contribution in [3.8, 4) is 5.75 Å². The van der Waals surface area contributed by atoms with Crippen molar-refractivity contribution in [2.24, 2.45) is 0 Å². The molecule has 42 heavy (non-hydrogen) atoms. The second-order valence-electron chi connectivity index (χ2n) is 14.0. The van der Waals surface area contributed by atoms with Crippen molar-refractivity contribution < 1.29 is 26.2 Å². The first-order chi connectivity index (χ1) is 19.8. The summed E-state index contributed by atoms with van der Waals surface area (Å²) in [6, 6.07) is 22.9. The molecule has 1 aliphatic rings. The van der Waals surface area contributed by atoms with E-state index in [1.165, 1.54) is 47.2 Å². The molecule has 0 N–H and O–H groups in total. The van der Waals surface area contributed by atoms with E-state index in [1.807, 2.05) is 7.11 Å². The van der Waals surface area contributed by atoms with Crippen LogP contribution in [-0.2, 0) is 35.2 Å². The van der Waals surface area contributed by atoms with E-state index in [9.17, 15) is 0 Å². The third kappa shape index (κ3) is 6.88. The van der Waals surface area contributed by atoms with Gasteiger partial charge in [-0.15, -0.1) is 0 Å². The van der Waals surface area contributed by atoms with Gasteiger partial charge in [0, 0.05) is 0 Å². The predicted molar refractivity (Wildman–Crippen MR) is 183 cm³/mol. The molecule has 0 unspecified atom stereocenters. The zero-order valence-corrected chi connectivity index (χ0v) is 30.7. The summed E-state index contributed by atoms with van der Waals surface area (Å²) >= 11 is -2.16. The third-order valence-corrected chi connectivity index (χ3v) is 18.3. The Morgan fingerprint density at radius 1 is 0.833 bits per heavy atom. The molecule has 0 spiro atoms. The maximum absolute atomic E-state index is 6.27. The van der Waals surface area contributed by atoms with Crippen LogP contribution in [0.5, 0.6) is 5.75 Å². The van der Waals surface area contributed by atoms with E-state index in [2.05, 4.69) is 152 Å². The summed E-state index contributed by atoms with van der Waals surface area (Å²) in [6.07, 6.45) is 6.07. The Morgan fingerprint density at radius 2 is 1.36 bits per heavy atom. The van der Waals surface area contributed by atoms with Crippen LogP contribution < -0.4 is 19.7 Å². The second-order valence-corrected chi connectivity index (χ2v) is 22.8. The molecule has 0 saturated carbocycles. The number of anilines is 2. The quantitative estimate of drug-likeness (QED) is 0.215. The van der Waals surface area contributed by atoms with E-state index in [1.54, 1.807) is 8.53 Å². The molecule has 222 valence electrons. The third-order valence-electron chi connectivity index (χ3n) is 8.96. The molecule has 0 aliphatic heterocycles. The number of hydrogen-bond acceptors (Lipinski definition) is 3. The van der Waals surface area contributed by atoms with Gasteiger partial charge in [0.1, 0.15) is 0 Å². The van der Waals surface area contributed by atoms with E-state index in [4.69, 9.17) is 4.74 Å². The molecule has 0 fully saturated rings. The van der Waals surface area contributed by atoms with Crippen LogP contribution in [0.1, 0.15) is 49.4 Å². The summed E-state index contributed by atoms with van der Waals surface area (Å²) < 4.78 is 10.4. The van der Waals surface area contributed by atoms with Gasteiger partial charge < -0.3 is 0 Å². The Labute approximate surface area is 264 Å². The Hall–Kier alpha value is -2.37. The van der Waals surface area contributed by atoms with Gasteiger partial charge in [-0.1, -0.05) is 0 Å². The van der Waals surface area contributed by atoms with Gasteiger partial charge in [-0.2, -0.15) is 0 Å². The van der Waals surface area contributed by atoms with Gasteiger partial charge >= 0.3 is 266 Å². The first-order valence-corrected chi connectivity index (χ1v) is 21.8. The molecule has 0 amide bonds. The van der Waals surface area contributed by atoms with Crippen molar-refractivity contribution in [2.75, 3.05) is 45.1 Å². The molecule has 0 saturated heterocycles. The zero-order chi connectivity index (χ0) is 30.8. The molecular formula is C37H51N2OScSi. The van der Waals surface area contributed by atoms with Crippen molar-refractivity contribution in [1.29, 1.82) is 0 Å². The normalized spacial score (nSPS) is 13.5. The summed E-state index contributed by atoms with van der Waals surface area (Å²) in [5.74, 6) is 1.11. The van der Waals surface area contributed by atoms with Crippen molar-refractivity contribution >= 4 is 24.6 Å². The van der Waals surface area contributed by atoms with Crippen LogP contribution in [0.15, 0.2) is 81.3 Å². The number of rotatable bonds is 10. The van der Waals surface area contributed by atoms with Crippen LogP contribution >= 0.6 is 0 Å². The standard InChI is InChI=1S/C19H27OSi.2C9H12N.Sc/c1-14-12-16(19(2,3)4)18(20-5)17(13-14)21(6,7)15-10-8-9-11-15;2*1-8-6-4-5-7-9(8)10(2)3;/h8-9,12-13H,10H2,1-7H3;2*4-7H,1H2,2-3H3;. The van der Waals surface area contributed by atoms with Gasteiger partial charge in [0.15, 0.2) is 0 Å². The van der Waals surface area contributed by atoms with E-state index >= 15 is 0 Å².